The number of hydrogen-bond donors (Lipinski definition) is 1. The fourth-order valence-corrected chi connectivity index (χ4v) is 1.71. The number of amides is 1. The molecule has 7 nitrogen and oxygen atoms in total. The zero-order chi connectivity index (χ0) is 14.7. The van der Waals surface area contributed by atoms with Crippen LogP contribution in [0, 0.1) is 17.0 Å². The highest BCUT2D eigenvalue weighted by Gasteiger charge is 2.21. The fourth-order valence-electron chi connectivity index (χ4n) is 1.55. The molecule has 2 rings (SSSR count). The number of hydrogen-bond acceptors (Lipinski definition) is 5. The molecule has 1 N–H and O–H groups in total. The van der Waals surface area contributed by atoms with Crippen LogP contribution in [0.15, 0.2) is 30.7 Å². The van der Waals surface area contributed by atoms with Crippen molar-refractivity contribution in [3.8, 4) is 0 Å². The Morgan fingerprint density at radius 2 is 2.20 bits per heavy atom. The van der Waals surface area contributed by atoms with Gasteiger partial charge in [0.2, 0.25) is 0 Å². The average Bonchev–Trinajstić information content (AvgIpc) is 2.40. The smallest absolute Gasteiger partial charge is 0.300 e. The lowest BCUT2D eigenvalue weighted by atomic mass is 10.2. The predicted molar refractivity (Wildman–Crippen MR) is 72.8 cm³/mol. The first-order chi connectivity index (χ1) is 9.49. The van der Waals surface area contributed by atoms with Crippen molar-refractivity contribution in [3.63, 3.8) is 0 Å². The lowest BCUT2D eigenvalue weighted by molar-refractivity contribution is -0.385. The number of aryl methyl sites for hydroxylation is 1. The van der Waals surface area contributed by atoms with E-state index < -0.39 is 16.5 Å². The Balaban J connectivity index is 2.37. The minimum atomic E-state index is -0.683. The van der Waals surface area contributed by atoms with Gasteiger partial charge in [-0.2, -0.15) is 0 Å². The minimum Gasteiger partial charge on any atom is -0.321 e. The van der Waals surface area contributed by atoms with Crippen LogP contribution in [-0.2, 0) is 0 Å². The van der Waals surface area contributed by atoms with Gasteiger partial charge >= 0.3 is 0 Å². The first-order valence-corrected chi connectivity index (χ1v) is 5.88. The zero-order valence-corrected chi connectivity index (χ0v) is 11.1. The number of aromatic nitrogens is 2. The van der Waals surface area contributed by atoms with Crippen molar-refractivity contribution in [2.45, 2.75) is 6.92 Å². The van der Waals surface area contributed by atoms with Crippen LogP contribution in [0.1, 0.15) is 15.9 Å². The molecule has 0 aliphatic carbocycles. The van der Waals surface area contributed by atoms with Crippen LogP contribution >= 0.6 is 11.6 Å². The topological polar surface area (TPSA) is 98.0 Å². The van der Waals surface area contributed by atoms with E-state index in [-0.39, 0.29) is 10.7 Å². The van der Waals surface area contributed by atoms with E-state index in [1.807, 2.05) is 0 Å². The SMILES string of the molecule is Cc1cnccc1NC(=O)c1cc(Cl)ncc1[N+](=O)[O-]. The number of nitro groups is 1. The van der Waals surface area contributed by atoms with Crippen molar-refractivity contribution in [2.24, 2.45) is 0 Å². The molecule has 0 saturated heterocycles. The van der Waals surface area contributed by atoms with Gasteiger partial charge in [0.05, 0.1) is 4.92 Å². The van der Waals surface area contributed by atoms with Crippen LogP contribution in [0.5, 0.6) is 0 Å². The van der Waals surface area contributed by atoms with Gasteiger partial charge in [-0.3, -0.25) is 19.9 Å². The fraction of sp³-hybridized carbons (Fsp3) is 0.0833. The third kappa shape index (κ3) is 2.89. The molecule has 20 heavy (non-hydrogen) atoms. The first kappa shape index (κ1) is 13.9. The number of halogens is 1. The van der Waals surface area contributed by atoms with E-state index in [0.29, 0.717) is 5.69 Å². The van der Waals surface area contributed by atoms with E-state index >= 15 is 0 Å². The number of carbonyl (C=O) groups excluding carboxylic acids is 1. The van der Waals surface area contributed by atoms with Gasteiger partial charge in [0, 0.05) is 18.1 Å². The van der Waals surface area contributed by atoms with Crippen molar-refractivity contribution < 1.29 is 9.72 Å². The van der Waals surface area contributed by atoms with Gasteiger partial charge in [-0.05, 0) is 24.6 Å². The average molecular weight is 293 g/mol. The summed E-state index contributed by atoms with van der Waals surface area (Å²) in [4.78, 5) is 29.8. The Kier molecular flexibility index (Phi) is 3.90. The molecule has 2 aromatic rings. The van der Waals surface area contributed by atoms with Crippen LogP contribution in [0.4, 0.5) is 11.4 Å². The third-order valence-electron chi connectivity index (χ3n) is 2.56. The normalized spacial score (nSPS) is 10.1. The highest BCUT2D eigenvalue weighted by molar-refractivity contribution is 6.30. The Morgan fingerprint density at radius 1 is 1.45 bits per heavy atom. The summed E-state index contributed by atoms with van der Waals surface area (Å²) in [6, 6.07) is 2.76. The molecule has 2 aromatic heterocycles. The van der Waals surface area contributed by atoms with Crippen molar-refractivity contribution in [2.75, 3.05) is 5.32 Å². The number of pyridine rings is 2. The predicted octanol–water partition coefficient (Wildman–Crippen LogP) is 2.60. The highest BCUT2D eigenvalue weighted by atomic mass is 35.5. The molecule has 102 valence electrons. The summed E-state index contributed by atoms with van der Waals surface area (Å²) in [5.41, 5.74) is 0.709. The van der Waals surface area contributed by atoms with Crippen LogP contribution < -0.4 is 5.32 Å². The zero-order valence-electron chi connectivity index (χ0n) is 10.3. The van der Waals surface area contributed by atoms with E-state index in [9.17, 15) is 14.9 Å². The summed E-state index contributed by atoms with van der Waals surface area (Å²) < 4.78 is 0. The third-order valence-corrected chi connectivity index (χ3v) is 2.77. The molecule has 0 bridgehead atoms. The number of nitrogens with one attached hydrogen (secondary N) is 1. The number of nitrogens with zero attached hydrogens (tertiary/aromatic N) is 3. The molecular formula is C12H9ClN4O3. The number of carbonyl (C=O) groups is 1. The molecule has 0 fully saturated rings. The van der Waals surface area contributed by atoms with Gasteiger partial charge in [-0.15, -0.1) is 0 Å². The van der Waals surface area contributed by atoms with Crippen LogP contribution in [0.25, 0.3) is 0 Å². The van der Waals surface area contributed by atoms with Gasteiger partial charge in [0.1, 0.15) is 16.9 Å². The maximum Gasteiger partial charge on any atom is 0.300 e. The summed E-state index contributed by atoms with van der Waals surface area (Å²) in [6.07, 6.45) is 4.04. The second-order valence-corrected chi connectivity index (χ2v) is 4.31. The van der Waals surface area contributed by atoms with E-state index in [0.717, 1.165) is 17.8 Å². The number of rotatable bonds is 3. The Hall–Kier alpha value is -2.54. The molecule has 0 spiro atoms. The van der Waals surface area contributed by atoms with Crippen molar-refractivity contribution in [3.05, 3.63) is 57.1 Å². The number of anilines is 1. The summed E-state index contributed by atoms with van der Waals surface area (Å²) in [7, 11) is 0. The molecule has 0 aliphatic rings. The van der Waals surface area contributed by atoms with Gasteiger partial charge in [0.25, 0.3) is 11.6 Å². The lowest BCUT2D eigenvalue weighted by Crippen LogP contribution is -2.15. The molecule has 0 aromatic carbocycles. The molecule has 0 saturated carbocycles. The van der Waals surface area contributed by atoms with E-state index in [2.05, 4.69) is 15.3 Å². The molecule has 0 atom stereocenters. The van der Waals surface area contributed by atoms with E-state index in [1.54, 1.807) is 19.2 Å². The second-order valence-electron chi connectivity index (χ2n) is 3.93. The summed E-state index contributed by atoms with van der Waals surface area (Å²) in [6.45, 7) is 1.76. The Morgan fingerprint density at radius 3 is 2.85 bits per heavy atom. The van der Waals surface area contributed by atoms with Gasteiger partial charge in [-0.1, -0.05) is 11.6 Å². The highest BCUT2D eigenvalue weighted by Crippen LogP contribution is 2.22. The Labute approximate surface area is 118 Å². The van der Waals surface area contributed by atoms with Gasteiger partial charge in [-0.25, -0.2) is 4.98 Å². The summed E-state index contributed by atoms with van der Waals surface area (Å²) in [5.74, 6) is -0.629. The van der Waals surface area contributed by atoms with Crippen LogP contribution in [-0.4, -0.2) is 20.8 Å². The van der Waals surface area contributed by atoms with Crippen molar-refractivity contribution >= 4 is 28.9 Å². The van der Waals surface area contributed by atoms with Crippen molar-refractivity contribution in [1.82, 2.24) is 9.97 Å². The lowest BCUT2D eigenvalue weighted by Gasteiger charge is -2.08. The first-order valence-electron chi connectivity index (χ1n) is 5.51. The van der Waals surface area contributed by atoms with E-state index in [1.165, 1.54) is 6.20 Å². The minimum absolute atomic E-state index is 0.00667. The molecule has 0 radical (unpaired) electrons. The molecule has 1 amide bonds. The maximum absolute atomic E-state index is 12.1. The summed E-state index contributed by atoms with van der Waals surface area (Å²) >= 11 is 5.68. The maximum atomic E-state index is 12.1. The summed E-state index contributed by atoms with van der Waals surface area (Å²) in [5, 5.41) is 13.5. The standard InChI is InChI=1S/C12H9ClN4O3/c1-7-5-14-3-2-9(7)16-12(18)8-4-11(13)15-6-10(8)17(19)20/h2-6H,1H3,(H,14,16,18). The largest absolute Gasteiger partial charge is 0.321 e. The monoisotopic (exact) mass is 292 g/mol. The van der Waals surface area contributed by atoms with Gasteiger partial charge in [0.15, 0.2) is 0 Å². The second kappa shape index (κ2) is 5.62. The van der Waals surface area contributed by atoms with Crippen molar-refractivity contribution in [1.29, 1.82) is 0 Å². The quantitative estimate of drug-likeness (QED) is 0.532. The van der Waals surface area contributed by atoms with Crippen LogP contribution in [0.2, 0.25) is 5.15 Å². The van der Waals surface area contributed by atoms with E-state index in [4.69, 9.17) is 11.6 Å². The van der Waals surface area contributed by atoms with Crippen LogP contribution in [0.3, 0.4) is 0 Å². The molecule has 2 heterocycles. The molecule has 8 heteroatoms. The molecule has 0 unspecified atom stereocenters. The molecule has 0 aliphatic heterocycles. The van der Waals surface area contributed by atoms with Gasteiger partial charge < -0.3 is 5.32 Å². The molecular weight excluding hydrogens is 284 g/mol. The Bertz CT molecular complexity index is 690.